The number of halogens is 2. The second-order valence-corrected chi connectivity index (χ2v) is 11.9. The summed E-state index contributed by atoms with van der Waals surface area (Å²) in [6.45, 7) is 4.86. The van der Waals surface area contributed by atoms with Gasteiger partial charge in [-0.05, 0) is 62.6 Å². The Kier molecular flexibility index (Phi) is 6.86. The summed E-state index contributed by atoms with van der Waals surface area (Å²) < 4.78 is 7.79. The Morgan fingerprint density at radius 1 is 1.18 bits per heavy atom. The van der Waals surface area contributed by atoms with Crippen molar-refractivity contribution < 1.29 is 14.4 Å². The minimum atomic E-state index is -0.900. The van der Waals surface area contributed by atoms with Crippen molar-refractivity contribution in [3.05, 3.63) is 69.5 Å². The minimum Gasteiger partial charge on any atom is -0.478 e. The number of carboxylic acids is 1. The largest absolute Gasteiger partial charge is 0.478 e. The zero-order valence-electron chi connectivity index (χ0n) is 22.3. The first-order chi connectivity index (χ1) is 18.7. The number of hydrogen-bond acceptors (Lipinski definition) is 5. The Balaban J connectivity index is 1.21. The van der Waals surface area contributed by atoms with Crippen molar-refractivity contribution >= 4 is 45.8 Å². The number of aryl methyl sites for hydroxylation is 1. The molecule has 2 atom stereocenters. The molecule has 0 amide bonds. The van der Waals surface area contributed by atoms with Gasteiger partial charge in [0, 0.05) is 67.0 Å². The number of benzene rings is 2. The van der Waals surface area contributed by atoms with Gasteiger partial charge in [0.05, 0.1) is 21.1 Å². The summed E-state index contributed by atoms with van der Waals surface area (Å²) in [4.78, 5) is 16.5. The molecule has 204 valence electrons. The molecule has 2 fully saturated rings. The van der Waals surface area contributed by atoms with Crippen molar-refractivity contribution in [1.29, 1.82) is 0 Å². The van der Waals surface area contributed by atoms with Crippen LogP contribution in [-0.2, 0) is 13.6 Å². The number of fused-ring (bicyclic) bond motifs is 1. The number of rotatable bonds is 7. The second kappa shape index (κ2) is 10.2. The van der Waals surface area contributed by atoms with Gasteiger partial charge < -0.3 is 19.1 Å². The van der Waals surface area contributed by atoms with E-state index in [0.29, 0.717) is 40.0 Å². The molecule has 1 aliphatic carbocycles. The molecule has 1 saturated heterocycles. The Labute approximate surface area is 237 Å². The summed E-state index contributed by atoms with van der Waals surface area (Å²) in [5.41, 5.74) is 4.98. The van der Waals surface area contributed by atoms with E-state index in [1.54, 1.807) is 6.20 Å². The molecule has 7 nitrogen and oxygen atoms in total. The van der Waals surface area contributed by atoms with Gasteiger partial charge in [0.1, 0.15) is 11.5 Å². The van der Waals surface area contributed by atoms with Crippen LogP contribution in [0.2, 0.25) is 10.0 Å². The van der Waals surface area contributed by atoms with Gasteiger partial charge in [-0.15, -0.1) is 0 Å². The predicted molar refractivity (Wildman–Crippen MR) is 155 cm³/mol. The third-order valence-corrected chi connectivity index (χ3v) is 9.00. The third-order valence-electron chi connectivity index (χ3n) is 8.37. The topological polar surface area (TPSA) is 74.7 Å². The lowest BCUT2D eigenvalue weighted by atomic mass is 9.91. The first-order valence-electron chi connectivity index (χ1n) is 13.4. The summed E-state index contributed by atoms with van der Waals surface area (Å²) in [7, 11) is 4.08. The van der Waals surface area contributed by atoms with Gasteiger partial charge in [0.15, 0.2) is 0 Å². The van der Waals surface area contributed by atoms with Crippen molar-refractivity contribution in [3.63, 3.8) is 0 Å². The molecule has 3 heterocycles. The number of piperidine rings is 1. The van der Waals surface area contributed by atoms with E-state index in [4.69, 9.17) is 27.7 Å². The van der Waals surface area contributed by atoms with Gasteiger partial charge >= 0.3 is 5.97 Å². The van der Waals surface area contributed by atoms with E-state index >= 15 is 0 Å². The van der Waals surface area contributed by atoms with Gasteiger partial charge in [0.25, 0.3) is 0 Å². The van der Waals surface area contributed by atoms with E-state index in [1.807, 2.05) is 41.9 Å². The molecule has 2 aromatic carbocycles. The molecule has 2 aromatic heterocycles. The maximum atomic E-state index is 11.6. The zero-order chi connectivity index (χ0) is 27.4. The molecule has 0 radical (unpaired) electrons. The Bertz CT molecular complexity index is 1540. The summed E-state index contributed by atoms with van der Waals surface area (Å²) in [6.07, 6.45) is 4.94. The standard InChI is InChI=1S/C30H32Cl2N4O3/c1-17-14-36(19-9-10-20-21(30(37)38)15-35(3)26(20)13-19)12-11-25(17)34(2)16-22-28(33-39-29(22)18-7-8-18)27-23(31)5-4-6-24(27)32/h4-6,9-10,13,15,17-18,25H,7-8,11-12,14,16H2,1-3H3,(H,37,38). The van der Waals surface area contributed by atoms with Crippen molar-refractivity contribution in [1.82, 2.24) is 14.6 Å². The molecular formula is C30H32Cl2N4O3. The van der Waals surface area contributed by atoms with Crippen molar-refractivity contribution in [3.8, 4) is 11.3 Å². The number of carbonyl (C=O) groups is 1. The molecule has 0 bridgehead atoms. The molecule has 1 aliphatic heterocycles. The molecule has 39 heavy (non-hydrogen) atoms. The number of carboxylic acid groups (broad SMARTS) is 1. The maximum absolute atomic E-state index is 11.6. The van der Waals surface area contributed by atoms with Crippen molar-refractivity contribution in [2.45, 2.75) is 44.7 Å². The number of aromatic carboxylic acids is 1. The molecule has 1 N–H and O–H groups in total. The SMILES string of the molecule is CC1CN(c2ccc3c(C(=O)O)cn(C)c3c2)CCC1N(C)Cc1c(-c2c(Cl)cccc2Cl)noc1C1CC1. The predicted octanol–water partition coefficient (Wildman–Crippen LogP) is 7.06. The molecule has 1 saturated carbocycles. The summed E-state index contributed by atoms with van der Waals surface area (Å²) >= 11 is 13.1. The van der Waals surface area contributed by atoms with Gasteiger partial charge in [-0.1, -0.05) is 41.3 Å². The fourth-order valence-corrected chi connectivity index (χ4v) is 6.77. The highest BCUT2D eigenvalue weighted by Gasteiger charge is 2.36. The van der Waals surface area contributed by atoms with E-state index in [9.17, 15) is 9.90 Å². The zero-order valence-corrected chi connectivity index (χ0v) is 23.8. The van der Waals surface area contributed by atoms with Crippen LogP contribution in [0.25, 0.3) is 22.2 Å². The fraction of sp³-hybridized carbons (Fsp3) is 0.400. The van der Waals surface area contributed by atoms with Gasteiger partial charge in [0.2, 0.25) is 0 Å². The van der Waals surface area contributed by atoms with Gasteiger partial charge in [-0.3, -0.25) is 4.90 Å². The summed E-state index contributed by atoms with van der Waals surface area (Å²) in [6, 6.07) is 12.0. The smallest absolute Gasteiger partial charge is 0.337 e. The fourth-order valence-electron chi connectivity index (χ4n) is 6.19. The normalized spacial score (nSPS) is 19.8. The van der Waals surface area contributed by atoms with E-state index in [-0.39, 0.29) is 0 Å². The highest BCUT2D eigenvalue weighted by Crippen LogP contribution is 2.46. The number of nitrogens with zero attached hydrogens (tertiary/aromatic N) is 4. The van der Waals surface area contributed by atoms with Crippen LogP contribution in [0.5, 0.6) is 0 Å². The monoisotopic (exact) mass is 566 g/mol. The highest BCUT2D eigenvalue weighted by atomic mass is 35.5. The first-order valence-corrected chi connectivity index (χ1v) is 14.2. The molecule has 6 rings (SSSR count). The van der Waals surface area contributed by atoms with Gasteiger partial charge in [-0.25, -0.2) is 4.79 Å². The Morgan fingerprint density at radius 3 is 2.59 bits per heavy atom. The first kappa shape index (κ1) is 26.2. The van der Waals surface area contributed by atoms with Crippen LogP contribution in [0.4, 0.5) is 5.69 Å². The average molecular weight is 568 g/mol. The summed E-state index contributed by atoms with van der Waals surface area (Å²) in [5, 5.41) is 15.9. The van der Waals surface area contributed by atoms with E-state index < -0.39 is 5.97 Å². The van der Waals surface area contributed by atoms with Gasteiger partial charge in [-0.2, -0.15) is 0 Å². The number of hydrogen-bond donors (Lipinski definition) is 1. The lowest BCUT2D eigenvalue weighted by Gasteiger charge is -2.42. The van der Waals surface area contributed by atoms with Crippen molar-refractivity contribution in [2.75, 3.05) is 25.0 Å². The molecule has 9 heteroatoms. The Hall–Kier alpha value is -3.00. The van der Waals surface area contributed by atoms with E-state index in [2.05, 4.69) is 35.0 Å². The Morgan fingerprint density at radius 2 is 1.92 bits per heavy atom. The second-order valence-electron chi connectivity index (χ2n) is 11.1. The molecule has 0 spiro atoms. The lowest BCUT2D eigenvalue weighted by Crippen LogP contribution is -2.48. The van der Waals surface area contributed by atoms with Crippen LogP contribution in [0.15, 0.2) is 47.1 Å². The lowest BCUT2D eigenvalue weighted by molar-refractivity contribution is 0.0699. The molecule has 4 aromatic rings. The number of aromatic nitrogens is 2. The van der Waals surface area contributed by atoms with Crippen molar-refractivity contribution in [2.24, 2.45) is 13.0 Å². The molecular weight excluding hydrogens is 535 g/mol. The van der Waals surface area contributed by atoms with Crippen LogP contribution in [0, 0.1) is 5.92 Å². The van der Waals surface area contributed by atoms with E-state index in [1.165, 1.54) is 0 Å². The molecule has 2 unspecified atom stereocenters. The average Bonchev–Trinajstić information content (AvgIpc) is 3.59. The van der Waals surface area contributed by atoms with Crippen LogP contribution in [-0.4, -0.2) is 51.9 Å². The van der Waals surface area contributed by atoms with Crippen LogP contribution in [0.1, 0.15) is 53.8 Å². The van der Waals surface area contributed by atoms with E-state index in [0.717, 1.165) is 71.5 Å². The quantitative estimate of drug-likeness (QED) is 0.258. The highest BCUT2D eigenvalue weighted by molar-refractivity contribution is 6.39. The molecule has 2 aliphatic rings. The third kappa shape index (κ3) is 4.81. The summed E-state index contributed by atoms with van der Waals surface area (Å²) in [5.74, 6) is 0.904. The maximum Gasteiger partial charge on any atom is 0.337 e. The van der Waals surface area contributed by atoms with Crippen LogP contribution >= 0.6 is 23.2 Å². The van der Waals surface area contributed by atoms with Crippen LogP contribution in [0.3, 0.4) is 0 Å². The van der Waals surface area contributed by atoms with Crippen LogP contribution < -0.4 is 4.90 Å². The number of anilines is 1. The minimum absolute atomic E-state index is 0.338.